The molecule has 4 heteroatoms. The van der Waals surface area contributed by atoms with Gasteiger partial charge in [-0.3, -0.25) is 9.59 Å². The van der Waals surface area contributed by atoms with E-state index in [0.29, 0.717) is 11.8 Å². The van der Waals surface area contributed by atoms with Crippen molar-refractivity contribution in [3.05, 3.63) is 24.3 Å². The Hall–Kier alpha value is -1.58. The predicted octanol–water partition coefficient (Wildman–Crippen LogP) is 11.1. The monoisotopic (exact) mass is 562 g/mol. The van der Waals surface area contributed by atoms with Crippen LogP contribution in [-0.4, -0.2) is 24.1 Å². The van der Waals surface area contributed by atoms with E-state index in [1.54, 1.807) is 0 Å². The summed E-state index contributed by atoms with van der Waals surface area (Å²) in [7, 11) is 0. The van der Waals surface area contributed by atoms with E-state index in [4.69, 9.17) is 9.47 Å². The lowest BCUT2D eigenvalue weighted by molar-refractivity contribution is -0.154. The first-order valence-electron chi connectivity index (χ1n) is 17.0. The van der Waals surface area contributed by atoms with Gasteiger partial charge < -0.3 is 9.47 Å². The van der Waals surface area contributed by atoms with E-state index in [2.05, 4.69) is 53.7 Å². The van der Waals surface area contributed by atoms with Crippen LogP contribution < -0.4 is 0 Å². The first-order valence-corrected chi connectivity index (χ1v) is 17.0. The third-order valence-electron chi connectivity index (χ3n) is 7.16. The van der Waals surface area contributed by atoms with Crippen LogP contribution in [0.15, 0.2) is 24.3 Å². The number of rotatable bonds is 27. The normalized spacial score (nSPS) is 13.5. The fraction of sp³-hybridized carbons (Fsp3) is 0.833. The zero-order valence-electron chi connectivity index (χ0n) is 27.4. The van der Waals surface area contributed by atoms with Gasteiger partial charge in [-0.05, 0) is 62.5 Å². The van der Waals surface area contributed by atoms with Crippen molar-refractivity contribution in [3.63, 3.8) is 0 Å². The first kappa shape index (κ1) is 38.4. The van der Waals surface area contributed by atoms with Crippen LogP contribution in [0.1, 0.15) is 170 Å². The standard InChI is InChI=1S/C36H66O4/c1-7-9-11-13-15-17-19-21-23-25-33(29-31(3)4)39-35(37)27-28-36(38)40-34(30-32(5)6)26-24-22-20-18-16-14-12-10-8-2/h23-26,31-34H,7-22,27-30H2,1-6H3/b25-23+,26-24+. The van der Waals surface area contributed by atoms with Crippen LogP contribution in [0.4, 0.5) is 0 Å². The number of hydrogen-bond donors (Lipinski definition) is 0. The third kappa shape index (κ3) is 26.6. The highest BCUT2D eigenvalue weighted by molar-refractivity contribution is 5.78. The van der Waals surface area contributed by atoms with E-state index < -0.39 is 0 Å². The lowest BCUT2D eigenvalue weighted by atomic mass is 10.0. The molecule has 0 aromatic carbocycles. The maximum atomic E-state index is 12.5. The molecule has 0 spiro atoms. The Morgan fingerprint density at radius 3 is 1.18 bits per heavy atom. The molecule has 2 atom stereocenters. The summed E-state index contributed by atoms with van der Waals surface area (Å²) in [5.74, 6) is 0.211. The quantitative estimate of drug-likeness (QED) is 0.0567. The van der Waals surface area contributed by atoms with Crippen LogP contribution in [0.3, 0.4) is 0 Å². The minimum absolute atomic E-state index is 0.0647. The molecule has 0 heterocycles. The van der Waals surface area contributed by atoms with Gasteiger partial charge in [0, 0.05) is 0 Å². The molecule has 0 amide bonds. The maximum Gasteiger partial charge on any atom is 0.306 e. The molecule has 0 saturated heterocycles. The Morgan fingerprint density at radius 2 is 0.850 bits per heavy atom. The molecule has 0 saturated carbocycles. The smallest absolute Gasteiger partial charge is 0.306 e. The van der Waals surface area contributed by atoms with Crippen molar-refractivity contribution >= 4 is 11.9 Å². The van der Waals surface area contributed by atoms with E-state index in [9.17, 15) is 9.59 Å². The van der Waals surface area contributed by atoms with Crippen LogP contribution in [0, 0.1) is 11.8 Å². The van der Waals surface area contributed by atoms with Gasteiger partial charge in [-0.2, -0.15) is 0 Å². The van der Waals surface area contributed by atoms with E-state index >= 15 is 0 Å². The van der Waals surface area contributed by atoms with Gasteiger partial charge in [-0.15, -0.1) is 0 Å². The van der Waals surface area contributed by atoms with Crippen molar-refractivity contribution in [1.29, 1.82) is 0 Å². The van der Waals surface area contributed by atoms with Gasteiger partial charge in [0.1, 0.15) is 12.2 Å². The molecular weight excluding hydrogens is 496 g/mol. The molecule has 40 heavy (non-hydrogen) atoms. The van der Waals surface area contributed by atoms with Crippen molar-refractivity contribution in [3.8, 4) is 0 Å². The summed E-state index contributed by atoms with van der Waals surface area (Å²) in [5.41, 5.74) is 0. The van der Waals surface area contributed by atoms with E-state index in [0.717, 1.165) is 25.7 Å². The van der Waals surface area contributed by atoms with Gasteiger partial charge in [0.25, 0.3) is 0 Å². The molecule has 0 aliphatic rings. The Kier molecular flexibility index (Phi) is 26.5. The van der Waals surface area contributed by atoms with Gasteiger partial charge >= 0.3 is 11.9 Å². The second-order valence-corrected chi connectivity index (χ2v) is 12.5. The maximum absolute atomic E-state index is 12.5. The summed E-state index contributed by atoms with van der Waals surface area (Å²) in [5, 5.41) is 0. The molecule has 0 aliphatic carbocycles. The van der Waals surface area contributed by atoms with E-state index in [-0.39, 0.29) is 37.0 Å². The van der Waals surface area contributed by atoms with Gasteiger partial charge in [0.2, 0.25) is 0 Å². The minimum atomic E-state index is -0.321. The summed E-state index contributed by atoms with van der Waals surface area (Å²) >= 11 is 0. The number of unbranched alkanes of at least 4 members (excludes halogenated alkanes) is 14. The summed E-state index contributed by atoms with van der Waals surface area (Å²) in [6.45, 7) is 13.0. The Morgan fingerprint density at radius 1 is 0.525 bits per heavy atom. The van der Waals surface area contributed by atoms with Crippen LogP contribution >= 0.6 is 0 Å². The molecular formula is C36H66O4. The minimum Gasteiger partial charge on any atom is -0.458 e. The number of ether oxygens (including phenoxy) is 2. The molecule has 4 nitrogen and oxygen atoms in total. The molecule has 0 N–H and O–H groups in total. The summed E-state index contributed by atoms with van der Waals surface area (Å²) in [6, 6.07) is 0. The fourth-order valence-electron chi connectivity index (χ4n) is 4.86. The van der Waals surface area contributed by atoms with E-state index in [1.165, 1.54) is 89.9 Å². The topological polar surface area (TPSA) is 52.6 Å². The Balaban J connectivity index is 4.43. The van der Waals surface area contributed by atoms with Gasteiger partial charge in [0.15, 0.2) is 0 Å². The summed E-state index contributed by atoms with van der Waals surface area (Å²) in [4.78, 5) is 25.1. The highest BCUT2D eigenvalue weighted by Crippen LogP contribution is 2.16. The van der Waals surface area contributed by atoms with Gasteiger partial charge in [0.05, 0.1) is 12.8 Å². The second kappa shape index (κ2) is 27.6. The lowest BCUT2D eigenvalue weighted by Gasteiger charge is -2.18. The molecule has 0 aliphatic heterocycles. The van der Waals surface area contributed by atoms with E-state index in [1.807, 2.05) is 12.2 Å². The highest BCUT2D eigenvalue weighted by Gasteiger charge is 2.18. The number of carbonyl (C=O) groups is 2. The van der Waals surface area contributed by atoms with Crippen LogP contribution in [0.2, 0.25) is 0 Å². The average molecular weight is 563 g/mol. The molecule has 0 bridgehead atoms. The van der Waals surface area contributed by atoms with Crippen molar-refractivity contribution in [1.82, 2.24) is 0 Å². The number of hydrogen-bond acceptors (Lipinski definition) is 4. The second-order valence-electron chi connectivity index (χ2n) is 12.5. The molecule has 0 aromatic rings. The molecule has 0 rings (SSSR count). The molecule has 0 aromatic heterocycles. The first-order chi connectivity index (χ1) is 19.3. The Labute approximate surface area is 249 Å². The third-order valence-corrected chi connectivity index (χ3v) is 7.16. The Bertz CT molecular complexity index is 593. The highest BCUT2D eigenvalue weighted by atomic mass is 16.5. The van der Waals surface area contributed by atoms with Crippen molar-refractivity contribution in [2.24, 2.45) is 11.8 Å². The summed E-state index contributed by atoms with van der Waals surface area (Å²) in [6.07, 6.45) is 29.9. The number of esters is 2. The number of allylic oxidation sites excluding steroid dienone is 2. The number of carbonyl (C=O) groups excluding carboxylic acids is 2. The van der Waals surface area contributed by atoms with Crippen molar-refractivity contribution in [2.45, 2.75) is 182 Å². The predicted molar refractivity (Wildman–Crippen MR) is 171 cm³/mol. The molecule has 234 valence electrons. The lowest BCUT2D eigenvalue weighted by Crippen LogP contribution is -2.21. The van der Waals surface area contributed by atoms with Crippen molar-refractivity contribution in [2.75, 3.05) is 0 Å². The van der Waals surface area contributed by atoms with Crippen LogP contribution in [0.25, 0.3) is 0 Å². The molecule has 0 radical (unpaired) electrons. The molecule has 0 fully saturated rings. The largest absolute Gasteiger partial charge is 0.458 e. The fourth-order valence-corrected chi connectivity index (χ4v) is 4.86. The zero-order valence-corrected chi connectivity index (χ0v) is 27.4. The molecule has 2 unspecified atom stereocenters. The zero-order chi connectivity index (χ0) is 29.8. The summed E-state index contributed by atoms with van der Waals surface area (Å²) < 4.78 is 11.5. The van der Waals surface area contributed by atoms with Crippen LogP contribution in [-0.2, 0) is 19.1 Å². The van der Waals surface area contributed by atoms with Crippen molar-refractivity contribution < 1.29 is 19.1 Å². The van der Waals surface area contributed by atoms with Gasteiger partial charge in [-0.25, -0.2) is 0 Å². The average Bonchev–Trinajstić information content (AvgIpc) is 2.89. The SMILES string of the molecule is CCCCCCCCC/C=C/C(CC(C)C)OC(=O)CCC(=O)OC(/C=C/CCCCCCCCC)CC(C)C. The van der Waals surface area contributed by atoms with Crippen LogP contribution in [0.5, 0.6) is 0 Å². The van der Waals surface area contributed by atoms with Gasteiger partial charge in [-0.1, -0.05) is 131 Å².